The Kier molecular flexibility index (Phi) is 9.18. The molecule has 0 aliphatic rings. The van der Waals surface area contributed by atoms with Gasteiger partial charge in [0.25, 0.3) is 0 Å². The van der Waals surface area contributed by atoms with Crippen LogP contribution in [0.2, 0.25) is 0 Å². The summed E-state index contributed by atoms with van der Waals surface area (Å²) in [4.78, 5) is 10.8. The molecule has 0 spiro atoms. The average molecular weight is 213 g/mol. The summed E-state index contributed by atoms with van der Waals surface area (Å²) in [5, 5.41) is 11.9. The van der Waals surface area contributed by atoms with Crippen LogP contribution in [0.5, 0.6) is 0 Å². The van der Waals surface area contributed by atoms with E-state index in [9.17, 15) is 4.79 Å². The lowest BCUT2D eigenvalue weighted by Gasteiger charge is -2.12. The Morgan fingerprint density at radius 3 is 2.73 bits per heavy atom. The van der Waals surface area contributed by atoms with Crippen LogP contribution >= 0.6 is 0 Å². The van der Waals surface area contributed by atoms with E-state index in [1.807, 2.05) is 13.0 Å². The number of carboxylic acids is 1. The summed E-state index contributed by atoms with van der Waals surface area (Å²) >= 11 is 0. The minimum absolute atomic E-state index is 0.366. The molecule has 3 nitrogen and oxygen atoms in total. The van der Waals surface area contributed by atoms with E-state index >= 15 is 0 Å². The first-order chi connectivity index (χ1) is 7.22. The van der Waals surface area contributed by atoms with Gasteiger partial charge in [-0.15, -0.1) is 6.58 Å². The van der Waals surface area contributed by atoms with Gasteiger partial charge in [-0.2, -0.15) is 0 Å². The molecule has 1 unspecified atom stereocenters. The van der Waals surface area contributed by atoms with E-state index in [1.54, 1.807) is 0 Å². The van der Waals surface area contributed by atoms with Gasteiger partial charge in [0.2, 0.25) is 0 Å². The van der Waals surface area contributed by atoms with Crippen molar-refractivity contribution in [2.24, 2.45) is 0 Å². The van der Waals surface area contributed by atoms with Crippen LogP contribution in [0.25, 0.3) is 0 Å². The quantitative estimate of drug-likeness (QED) is 0.433. The zero-order valence-electron chi connectivity index (χ0n) is 9.67. The number of allylic oxidation sites excluding steroid dienone is 1. The maximum Gasteiger partial charge on any atom is 0.320 e. The van der Waals surface area contributed by atoms with Crippen LogP contribution in [0, 0.1) is 0 Å². The second-order valence-corrected chi connectivity index (χ2v) is 3.77. The van der Waals surface area contributed by atoms with Gasteiger partial charge in [-0.05, 0) is 32.2 Å². The van der Waals surface area contributed by atoms with E-state index in [2.05, 4.69) is 11.9 Å². The fraction of sp³-hybridized carbons (Fsp3) is 0.750. The number of carboxylic acid groups (broad SMARTS) is 1. The van der Waals surface area contributed by atoms with Gasteiger partial charge in [0.15, 0.2) is 0 Å². The van der Waals surface area contributed by atoms with Crippen LogP contribution in [0.4, 0.5) is 0 Å². The second-order valence-electron chi connectivity index (χ2n) is 3.77. The summed E-state index contributed by atoms with van der Waals surface area (Å²) in [6, 6.07) is -0.366. The summed E-state index contributed by atoms with van der Waals surface area (Å²) in [6.07, 6.45) is 7.92. The van der Waals surface area contributed by atoms with Gasteiger partial charge in [0.1, 0.15) is 6.04 Å². The molecule has 0 fully saturated rings. The van der Waals surface area contributed by atoms with E-state index in [0.717, 1.165) is 38.6 Å². The number of hydrogen-bond donors (Lipinski definition) is 2. The molecule has 0 rings (SSSR count). The number of hydrogen-bond acceptors (Lipinski definition) is 2. The molecule has 15 heavy (non-hydrogen) atoms. The fourth-order valence-electron chi connectivity index (χ4n) is 1.47. The average Bonchev–Trinajstić information content (AvgIpc) is 2.21. The summed E-state index contributed by atoms with van der Waals surface area (Å²) in [5.41, 5.74) is 0. The Morgan fingerprint density at radius 2 is 2.20 bits per heavy atom. The molecule has 0 heterocycles. The maximum absolute atomic E-state index is 10.8. The summed E-state index contributed by atoms with van der Waals surface area (Å²) in [7, 11) is 0. The molecule has 0 aromatic carbocycles. The van der Waals surface area contributed by atoms with E-state index in [0.29, 0.717) is 6.42 Å². The molecular weight excluding hydrogens is 190 g/mol. The number of nitrogens with one attached hydrogen (secondary N) is 1. The van der Waals surface area contributed by atoms with E-state index in [4.69, 9.17) is 5.11 Å². The topological polar surface area (TPSA) is 49.3 Å². The van der Waals surface area contributed by atoms with Crippen molar-refractivity contribution < 1.29 is 9.90 Å². The molecule has 1 atom stereocenters. The monoisotopic (exact) mass is 213 g/mol. The molecule has 0 saturated carbocycles. The third-order valence-corrected chi connectivity index (χ3v) is 2.35. The first-order valence-corrected chi connectivity index (χ1v) is 5.79. The molecule has 0 aliphatic carbocycles. The van der Waals surface area contributed by atoms with Crippen LogP contribution in [-0.2, 0) is 4.79 Å². The first kappa shape index (κ1) is 14.2. The normalized spacial score (nSPS) is 12.3. The van der Waals surface area contributed by atoms with Gasteiger partial charge >= 0.3 is 5.97 Å². The second kappa shape index (κ2) is 9.71. The van der Waals surface area contributed by atoms with E-state index < -0.39 is 5.97 Å². The van der Waals surface area contributed by atoms with Gasteiger partial charge in [-0.3, -0.25) is 4.79 Å². The highest BCUT2D eigenvalue weighted by Gasteiger charge is 2.14. The van der Waals surface area contributed by atoms with Crippen LogP contribution < -0.4 is 5.32 Å². The van der Waals surface area contributed by atoms with Crippen molar-refractivity contribution in [3.05, 3.63) is 12.7 Å². The Hall–Kier alpha value is -0.830. The molecule has 0 bridgehead atoms. The molecule has 0 saturated heterocycles. The third kappa shape index (κ3) is 8.18. The van der Waals surface area contributed by atoms with Crippen molar-refractivity contribution in [1.82, 2.24) is 5.32 Å². The number of carbonyl (C=O) groups is 1. The van der Waals surface area contributed by atoms with Crippen LogP contribution in [-0.4, -0.2) is 23.7 Å². The molecule has 0 radical (unpaired) electrons. The van der Waals surface area contributed by atoms with Gasteiger partial charge in [-0.1, -0.05) is 25.8 Å². The molecule has 0 aromatic rings. The molecule has 0 aromatic heterocycles. The number of rotatable bonds is 10. The van der Waals surface area contributed by atoms with E-state index in [-0.39, 0.29) is 6.04 Å². The van der Waals surface area contributed by atoms with Crippen molar-refractivity contribution in [1.29, 1.82) is 0 Å². The van der Waals surface area contributed by atoms with Crippen molar-refractivity contribution in [3.8, 4) is 0 Å². The summed E-state index contributed by atoms with van der Waals surface area (Å²) in [6.45, 7) is 6.46. The van der Waals surface area contributed by atoms with Gasteiger partial charge in [0, 0.05) is 0 Å². The summed E-state index contributed by atoms with van der Waals surface area (Å²) < 4.78 is 0. The lowest BCUT2D eigenvalue weighted by Crippen LogP contribution is -2.37. The predicted molar refractivity (Wildman–Crippen MR) is 63.0 cm³/mol. The predicted octanol–water partition coefficient (Wildman–Crippen LogP) is 2.58. The van der Waals surface area contributed by atoms with Gasteiger partial charge in [0.05, 0.1) is 0 Å². The Morgan fingerprint density at radius 1 is 1.47 bits per heavy atom. The van der Waals surface area contributed by atoms with Gasteiger partial charge in [-0.25, -0.2) is 0 Å². The zero-order chi connectivity index (χ0) is 11.5. The fourth-order valence-corrected chi connectivity index (χ4v) is 1.47. The van der Waals surface area contributed by atoms with Crippen molar-refractivity contribution in [2.45, 2.75) is 51.5 Å². The molecule has 2 N–H and O–H groups in total. The maximum atomic E-state index is 10.8. The Bertz CT molecular complexity index is 180. The van der Waals surface area contributed by atoms with Crippen LogP contribution in [0.15, 0.2) is 12.7 Å². The first-order valence-electron chi connectivity index (χ1n) is 5.79. The van der Waals surface area contributed by atoms with Crippen LogP contribution in [0.1, 0.15) is 45.4 Å². The number of unbranched alkanes of at least 4 members (excludes halogenated alkanes) is 3. The highest BCUT2D eigenvalue weighted by atomic mass is 16.4. The highest BCUT2D eigenvalue weighted by molar-refractivity contribution is 5.73. The number of aliphatic carboxylic acids is 1. The smallest absolute Gasteiger partial charge is 0.320 e. The minimum Gasteiger partial charge on any atom is -0.480 e. The van der Waals surface area contributed by atoms with Crippen molar-refractivity contribution in [3.63, 3.8) is 0 Å². The Labute approximate surface area is 92.6 Å². The SMILES string of the molecule is C=CCCCCCNC(CCC)C(=O)O. The highest BCUT2D eigenvalue weighted by Crippen LogP contribution is 2.01. The molecular formula is C12H23NO2. The lowest BCUT2D eigenvalue weighted by molar-refractivity contribution is -0.139. The van der Waals surface area contributed by atoms with E-state index in [1.165, 1.54) is 0 Å². The standard InChI is InChI=1S/C12H23NO2/c1-3-5-6-7-8-10-13-11(9-4-2)12(14)15/h3,11,13H,1,4-10H2,2H3,(H,14,15). The van der Waals surface area contributed by atoms with Crippen molar-refractivity contribution >= 4 is 5.97 Å². The van der Waals surface area contributed by atoms with Crippen molar-refractivity contribution in [2.75, 3.05) is 6.54 Å². The molecule has 0 amide bonds. The molecule has 88 valence electrons. The summed E-state index contributed by atoms with van der Waals surface area (Å²) in [5.74, 6) is -0.733. The largest absolute Gasteiger partial charge is 0.480 e. The van der Waals surface area contributed by atoms with Crippen LogP contribution in [0.3, 0.4) is 0 Å². The van der Waals surface area contributed by atoms with Gasteiger partial charge < -0.3 is 10.4 Å². The molecule has 3 heteroatoms. The third-order valence-electron chi connectivity index (χ3n) is 2.35. The Balaban J connectivity index is 3.45. The minimum atomic E-state index is -0.733. The lowest BCUT2D eigenvalue weighted by atomic mass is 10.1. The molecule has 0 aliphatic heterocycles. The zero-order valence-corrected chi connectivity index (χ0v) is 9.67.